The van der Waals surface area contributed by atoms with Crippen LogP contribution in [0.2, 0.25) is 6.04 Å². The lowest BCUT2D eigenvalue weighted by atomic mass is 10.4. The highest BCUT2D eigenvalue weighted by molar-refractivity contribution is 6.60. The smallest absolute Gasteiger partial charge is 0.462 e. The van der Waals surface area contributed by atoms with Crippen LogP contribution in [0.4, 0.5) is 0 Å². The Morgan fingerprint density at radius 2 is 1.25 bits per heavy atom. The van der Waals surface area contributed by atoms with Crippen molar-refractivity contribution in [1.82, 2.24) is 0 Å². The van der Waals surface area contributed by atoms with Gasteiger partial charge in [0.25, 0.3) is 0 Å². The van der Waals surface area contributed by atoms with Crippen molar-refractivity contribution in [2.75, 3.05) is 39.6 Å². The van der Waals surface area contributed by atoms with Gasteiger partial charge >= 0.3 is 14.8 Å². The average Bonchev–Trinajstić information content (AvgIpc) is 2.70. The molecule has 0 aromatic carbocycles. The van der Waals surface area contributed by atoms with Gasteiger partial charge in [0.2, 0.25) is 0 Å². The van der Waals surface area contributed by atoms with Crippen LogP contribution in [-0.4, -0.2) is 54.4 Å². The average molecular weight is 419 g/mol. The predicted octanol–water partition coefficient (Wildman–Crippen LogP) is 4.90. The molecule has 0 unspecified atom stereocenters. The first-order chi connectivity index (χ1) is 13.6. The van der Waals surface area contributed by atoms with Crippen LogP contribution in [0.25, 0.3) is 0 Å². The van der Waals surface area contributed by atoms with Gasteiger partial charge in [-0.2, -0.15) is 0 Å². The molecule has 0 bridgehead atoms. The van der Waals surface area contributed by atoms with Crippen LogP contribution < -0.4 is 0 Å². The van der Waals surface area contributed by atoms with Gasteiger partial charge in [-0.3, -0.25) is 0 Å². The number of carbonyl (C=O) groups is 1. The Kier molecular flexibility index (Phi) is 19.1. The number of carbonyl (C=O) groups excluding carboxylic acids is 1. The number of hydrogen-bond donors (Lipinski definition) is 0. The van der Waals surface area contributed by atoms with Crippen molar-refractivity contribution >= 4 is 14.8 Å². The van der Waals surface area contributed by atoms with Crippen molar-refractivity contribution < 1.29 is 27.5 Å². The highest BCUT2D eigenvalue weighted by Crippen LogP contribution is 2.20. The molecule has 0 spiro atoms. The lowest BCUT2D eigenvalue weighted by molar-refractivity contribution is -0.138. The van der Waals surface area contributed by atoms with E-state index in [1.807, 2.05) is 0 Å². The standard InChI is InChI=1S/C21H42O6Si/c1-5-9-17-25-28(26-18-10-6-2,27-19-11-7-3)20-13-15-23-14-12-16-24-21(22)8-4/h8H,4-7,9-20H2,1-3H3. The van der Waals surface area contributed by atoms with Crippen molar-refractivity contribution in [1.29, 1.82) is 0 Å². The highest BCUT2D eigenvalue weighted by Gasteiger charge is 2.40. The zero-order valence-electron chi connectivity index (χ0n) is 18.3. The quantitative estimate of drug-likeness (QED) is 0.114. The summed E-state index contributed by atoms with van der Waals surface area (Å²) < 4.78 is 29.2. The maximum absolute atomic E-state index is 11.0. The molecule has 0 saturated heterocycles. The van der Waals surface area contributed by atoms with Crippen LogP contribution in [0.5, 0.6) is 0 Å². The molecule has 0 aromatic heterocycles. The Morgan fingerprint density at radius 1 is 0.750 bits per heavy atom. The fourth-order valence-electron chi connectivity index (χ4n) is 2.34. The molecule has 0 atom stereocenters. The van der Waals surface area contributed by atoms with Crippen LogP contribution in [-0.2, 0) is 27.5 Å². The Balaban J connectivity index is 4.36. The fraction of sp³-hybridized carbons (Fsp3) is 0.857. The summed E-state index contributed by atoms with van der Waals surface area (Å²) in [7, 11) is -2.66. The molecule has 166 valence electrons. The molecule has 0 aliphatic heterocycles. The zero-order valence-corrected chi connectivity index (χ0v) is 19.3. The summed E-state index contributed by atoms with van der Waals surface area (Å²) in [6.45, 7) is 13.4. The molecule has 7 heteroatoms. The fourth-order valence-corrected chi connectivity index (χ4v) is 4.97. The van der Waals surface area contributed by atoms with Gasteiger partial charge in [0.1, 0.15) is 0 Å². The number of hydrogen-bond acceptors (Lipinski definition) is 6. The first-order valence-corrected chi connectivity index (χ1v) is 12.9. The van der Waals surface area contributed by atoms with E-state index in [2.05, 4.69) is 27.4 Å². The molecule has 0 heterocycles. The highest BCUT2D eigenvalue weighted by atomic mass is 28.4. The van der Waals surface area contributed by atoms with Crippen molar-refractivity contribution in [3.8, 4) is 0 Å². The summed E-state index contributed by atoms with van der Waals surface area (Å²) in [6, 6.07) is 0.773. The second-order valence-electron chi connectivity index (χ2n) is 6.73. The summed E-state index contributed by atoms with van der Waals surface area (Å²) in [5, 5.41) is 0. The molecule has 0 fully saturated rings. The van der Waals surface area contributed by atoms with E-state index in [1.54, 1.807) is 0 Å². The van der Waals surface area contributed by atoms with Crippen LogP contribution in [0.1, 0.15) is 72.1 Å². The molecule has 0 aromatic rings. The van der Waals surface area contributed by atoms with Crippen molar-refractivity contribution in [2.45, 2.75) is 78.2 Å². The van der Waals surface area contributed by atoms with Crippen LogP contribution in [0.3, 0.4) is 0 Å². The van der Waals surface area contributed by atoms with E-state index in [4.69, 9.17) is 22.8 Å². The third kappa shape index (κ3) is 15.2. The molecular weight excluding hydrogens is 376 g/mol. The molecule has 0 aliphatic carbocycles. The molecule has 0 radical (unpaired) electrons. The van der Waals surface area contributed by atoms with Crippen LogP contribution in [0, 0.1) is 0 Å². The number of esters is 1. The topological polar surface area (TPSA) is 63.2 Å². The van der Waals surface area contributed by atoms with Gasteiger partial charge in [0.05, 0.1) is 6.61 Å². The van der Waals surface area contributed by atoms with E-state index in [9.17, 15) is 4.79 Å². The number of rotatable bonds is 21. The van der Waals surface area contributed by atoms with E-state index in [-0.39, 0.29) is 0 Å². The summed E-state index contributed by atoms with van der Waals surface area (Å²) in [4.78, 5) is 11.0. The minimum Gasteiger partial charge on any atom is -0.462 e. The van der Waals surface area contributed by atoms with Crippen molar-refractivity contribution in [3.63, 3.8) is 0 Å². The molecule has 28 heavy (non-hydrogen) atoms. The van der Waals surface area contributed by atoms with E-state index in [0.717, 1.165) is 51.0 Å². The van der Waals surface area contributed by atoms with Gasteiger partial charge in [-0.05, 0) is 25.7 Å². The van der Waals surface area contributed by atoms with Crippen LogP contribution >= 0.6 is 0 Å². The first kappa shape index (κ1) is 27.3. The number of ether oxygens (including phenoxy) is 2. The third-order valence-corrected chi connectivity index (χ3v) is 6.97. The SMILES string of the molecule is C=CC(=O)OCCCOCCC[Si](OCCCC)(OCCCC)OCCCC. The summed E-state index contributed by atoms with van der Waals surface area (Å²) in [5.41, 5.74) is 0. The molecule has 0 aliphatic rings. The Morgan fingerprint density at radius 3 is 1.71 bits per heavy atom. The second kappa shape index (κ2) is 19.6. The molecule has 0 rings (SSSR count). The van der Waals surface area contributed by atoms with Gasteiger partial charge in [0, 0.05) is 51.6 Å². The summed E-state index contributed by atoms with van der Waals surface area (Å²) in [5.74, 6) is -0.395. The minimum absolute atomic E-state index is 0.351. The van der Waals surface area contributed by atoms with Gasteiger partial charge in [-0.25, -0.2) is 4.79 Å². The molecule has 6 nitrogen and oxygen atoms in total. The van der Waals surface area contributed by atoms with Crippen LogP contribution in [0.15, 0.2) is 12.7 Å². The maximum atomic E-state index is 11.0. The summed E-state index contributed by atoms with van der Waals surface area (Å²) >= 11 is 0. The molecule has 0 saturated carbocycles. The summed E-state index contributed by atoms with van der Waals surface area (Å²) in [6.07, 6.45) is 9.00. The third-order valence-electron chi connectivity index (χ3n) is 4.08. The van der Waals surface area contributed by atoms with E-state index in [0.29, 0.717) is 46.1 Å². The van der Waals surface area contributed by atoms with Gasteiger partial charge in [0.15, 0.2) is 0 Å². The van der Waals surface area contributed by atoms with Gasteiger partial charge < -0.3 is 22.8 Å². The largest absolute Gasteiger partial charge is 0.501 e. The second-order valence-corrected chi connectivity index (χ2v) is 9.46. The Hall–Kier alpha value is -0.733. The number of unbranched alkanes of at least 4 members (excludes halogenated alkanes) is 3. The normalized spacial score (nSPS) is 11.5. The predicted molar refractivity (Wildman–Crippen MR) is 114 cm³/mol. The first-order valence-electron chi connectivity index (χ1n) is 10.9. The van der Waals surface area contributed by atoms with E-state index >= 15 is 0 Å². The Bertz CT molecular complexity index is 351. The lowest BCUT2D eigenvalue weighted by Crippen LogP contribution is -2.46. The van der Waals surface area contributed by atoms with Gasteiger partial charge in [-0.1, -0.05) is 46.6 Å². The minimum atomic E-state index is -2.66. The zero-order chi connectivity index (χ0) is 20.9. The van der Waals surface area contributed by atoms with Gasteiger partial charge in [-0.15, -0.1) is 0 Å². The molecular formula is C21H42O6Si. The maximum Gasteiger partial charge on any atom is 0.501 e. The van der Waals surface area contributed by atoms with E-state index < -0.39 is 14.8 Å². The molecule has 0 amide bonds. The monoisotopic (exact) mass is 418 g/mol. The lowest BCUT2D eigenvalue weighted by Gasteiger charge is -2.30. The van der Waals surface area contributed by atoms with Crippen molar-refractivity contribution in [3.05, 3.63) is 12.7 Å². The molecule has 0 N–H and O–H groups in total. The Labute approximate surface area is 173 Å². The van der Waals surface area contributed by atoms with Crippen molar-refractivity contribution in [2.24, 2.45) is 0 Å². The van der Waals surface area contributed by atoms with E-state index in [1.165, 1.54) is 6.08 Å².